The molecule has 3 rings (SSSR count). The minimum atomic E-state index is -0.417. The van der Waals surface area contributed by atoms with Gasteiger partial charge in [0.1, 0.15) is 11.9 Å². The maximum absolute atomic E-state index is 13.1. The van der Waals surface area contributed by atoms with Crippen molar-refractivity contribution in [1.29, 1.82) is 5.26 Å². The van der Waals surface area contributed by atoms with Gasteiger partial charge in [-0.15, -0.1) is 0 Å². The van der Waals surface area contributed by atoms with Gasteiger partial charge in [-0.2, -0.15) is 16.6 Å². The fourth-order valence-electron chi connectivity index (χ4n) is 2.86. The van der Waals surface area contributed by atoms with E-state index >= 15 is 0 Å². The van der Waals surface area contributed by atoms with Gasteiger partial charge in [0.25, 0.3) is 0 Å². The molecular formula is C19H18FN3OS. The highest BCUT2D eigenvalue weighted by Gasteiger charge is 2.26. The number of nitriles is 1. The van der Waals surface area contributed by atoms with Crippen molar-refractivity contribution in [3.05, 3.63) is 64.1 Å². The molecule has 0 N–H and O–H groups in total. The fourth-order valence-corrected chi connectivity index (χ4v) is 3.48. The molecule has 1 unspecified atom stereocenters. The van der Waals surface area contributed by atoms with E-state index in [-0.39, 0.29) is 11.7 Å². The Balaban J connectivity index is 1.58. The molecule has 1 saturated heterocycles. The van der Waals surface area contributed by atoms with E-state index in [0.29, 0.717) is 26.2 Å². The number of thiophene rings is 1. The van der Waals surface area contributed by atoms with Crippen LogP contribution in [-0.2, 0) is 4.79 Å². The predicted molar refractivity (Wildman–Crippen MR) is 96.3 cm³/mol. The summed E-state index contributed by atoms with van der Waals surface area (Å²) >= 11 is 1.59. The summed E-state index contributed by atoms with van der Waals surface area (Å²) in [4.78, 5) is 16.1. The van der Waals surface area contributed by atoms with E-state index in [1.54, 1.807) is 34.4 Å². The van der Waals surface area contributed by atoms with Crippen LogP contribution in [0.5, 0.6) is 0 Å². The van der Waals surface area contributed by atoms with Crippen LogP contribution in [0.15, 0.2) is 47.2 Å². The SMILES string of the molecule is N#CC(c1ccc(F)cc1)N1CCN(C(=O)/C=C/c2ccsc2)CC1. The van der Waals surface area contributed by atoms with Gasteiger partial charge in [0.05, 0.1) is 6.07 Å². The average Bonchev–Trinajstić information content (AvgIpc) is 3.16. The lowest BCUT2D eigenvalue weighted by Crippen LogP contribution is -2.49. The minimum Gasteiger partial charge on any atom is -0.337 e. The number of amides is 1. The van der Waals surface area contributed by atoms with Gasteiger partial charge >= 0.3 is 0 Å². The summed E-state index contributed by atoms with van der Waals surface area (Å²) in [5.41, 5.74) is 1.80. The van der Waals surface area contributed by atoms with E-state index in [1.807, 2.05) is 27.8 Å². The van der Waals surface area contributed by atoms with E-state index in [9.17, 15) is 14.4 Å². The zero-order valence-electron chi connectivity index (χ0n) is 13.6. The molecule has 1 amide bonds. The van der Waals surface area contributed by atoms with E-state index in [0.717, 1.165) is 11.1 Å². The third-order valence-electron chi connectivity index (χ3n) is 4.26. The highest BCUT2D eigenvalue weighted by molar-refractivity contribution is 7.08. The Morgan fingerprint density at radius 1 is 1.20 bits per heavy atom. The molecule has 0 spiro atoms. The lowest BCUT2D eigenvalue weighted by molar-refractivity contribution is -0.127. The standard InChI is InChI=1S/C19H18FN3OS/c20-17-4-2-16(3-5-17)18(13-21)22-8-10-23(11-9-22)19(24)6-1-15-7-12-25-14-15/h1-7,12,14,18H,8-11H2/b6-1+. The van der Waals surface area contributed by atoms with Gasteiger partial charge in [-0.1, -0.05) is 12.1 Å². The van der Waals surface area contributed by atoms with Gasteiger partial charge in [-0.3, -0.25) is 9.69 Å². The first-order valence-electron chi connectivity index (χ1n) is 8.05. The van der Waals surface area contributed by atoms with Crippen LogP contribution in [0.25, 0.3) is 6.08 Å². The zero-order chi connectivity index (χ0) is 17.6. The van der Waals surface area contributed by atoms with Crippen molar-refractivity contribution in [2.75, 3.05) is 26.2 Å². The van der Waals surface area contributed by atoms with Gasteiger partial charge in [0.15, 0.2) is 0 Å². The van der Waals surface area contributed by atoms with Crippen molar-refractivity contribution >= 4 is 23.3 Å². The summed E-state index contributed by atoms with van der Waals surface area (Å²) in [5.74, 6) is -0.325. The third kappa shape index (κ3) is 4.32. The van der Waals surface area contributed by atoms with Gasteiger partial charge < -0.3 is 4.90 Å². The van der Waals surface area contributed by atoms with Crippen molar-refractivity contribution in [3.8, 4) is 6.07 Å². The Kier molecular flexibility index (Phi) is 5.59. The number of piperazine rings is 1. The van der Waals surface area contributed by atoms with Crippen LogP contribution >= 0.6 is 11.3 Å². The molecule has 0 bridgehead atoms. The predicted octanol–water partition coefficient (Wildman–Crippen LogP) is 3.31. The zero-order valence-corrected chi connectivity index (χ0v) is 14.5. The first-order chi connectivity index (χ1) is 12.2. The highest BCUT2D eigenvalue weighted by atomic mass is 32.1. The van der Waals surface area contributed by atoms with Crippen LogP contribution in [0.4, 0.5) is 4.39 Å². The number of hydrogen-bond acceptors (Lipinski definition) is 4. The number of rotatable bonds is 4. The van der Waals surface area contributed by atoms with Crippen LogP contribution in [0.2, 0.25) is 0 Å². The molecule has 128 valence electrons. The lowest BCUT2D eigenvalue weighted by Gasteiger charge is -2.36. The molecule has 1 aromatic heterocycles. The number of halogens is 1. The summed E-state index contributed by atoms with van der Waals surface area (Å²) in [7, 11) is 0. The van der Waals surface area contributed by atoms with Crippen molar-refractivity contribution in [3.63, 3.8) is 0 Å². The van der Waals surface area contributed by atoms with E-state index in [2.05, 4.69) is 6.07 Å². The fraction of sp³-hybridized carbons (Fsp3) is 0.263. The maximum Gasteiger partial charge on any atom is 0.246 e. The Bertz CT molecular complexity index is 772. The molecule has 0 saturated carbocycles. The smallest absolute Gasteiger partial charge is 0.246 e. The molecule has 1 aliphatic heterocycles. The van der Waals surface area contributed by atoms with Crippen LogP contribution in [0.1, 0.15) is 17.2 Å². The molecule has 4 nitrogen and oxygen atoms in total. The quantitative estimate of drug-likeness (QED) is 0.791. The van der Waals surface area contributed by atoms with E-state index < -0.39 is 6.04 Å². The Labute approximate surface area is 150 Å². The molecule has 1 aliphatic rings. The summed E-state index contributed by atoms with van der Waals surface area (Å²) < 4.78 is 13.1. The van der Waals surface area contributed by atoms with Crippen LogP contribution < -0.4 is 0 Å². The summed E-state index contributed by atoms with van der Waals surface area (Å²) in [6, 6.07) is 9.86. The third-order valence-corrected chi connectivity index (χ3v) is 4.96. The number of benzene rings is 1. The molecule has 1 aromatic carbocycles. The van der Waals surface area contributed by atoms with E-state index in [4.69, 9.17) is 0 Å². The molecule has 0 radical (unpaired) electrons. The monoisotopic (exact) mass is 355 g/mol. The largest absolute Gasteiger partial charge is 0.337 e. The summed E-state index contributed by atoms with van der Waals surface area (Å²) in [6.45, 7) is 2.39. The summed E-state index contributed by atoms with van der Waals surface area (Å²) in [6.07, 6.45) is 3.42. The lowest BCUT2D eigenvalue weighted by atomic mass is 10.1. The van der Waals surface area contributed by atoms with Gasteiger partial charge in [-0.05, 0) is 46.2 Å². The molecule has 25 heavy (non-hydrogen) atoms. The number of hydrogen-bond donors (Lipinski definition) is 0. The second kappa shape index (κ2) is 8.06. The molecular weight excluding hydrogens is 337 g/mol. The minimum absolute atomic E-state index is 0.0128. The second-order valence-electron chi connectivity index (χ2n) is 5.83. The number of carbonyl (C=O) groups is 1. The van der Waals surface area contributed by atoms with Crippen molar-refractivity contribution in [2.45, 2.75) is 6.04 Å². The molecule has 1 atom stereocenters. The van der Waals surface area contributed by atoms with Gasteiger partial charge in [0.2, 0.25) is 5.91 Å². The molecule has 6 heteroatoms. The average molecular weight is 355 g/mol. The van der Waals surface area contributed by atoms with Crippen molar-refractivity contribution in [2.24, 2.45) is 0 Å². The topological polar surface area (TPSA) is 47.3 Å². The first kappa shape index (κ1) is 17.3. The molecule has 1 fully saturated rings. The number of carbonyl (C=O) groups excluding carboxylic acids is 1. The van der Waals surface area contributed by atoms with Crippen molar-refractivity contribution in [1.82, 2.24) is 9.80 Å². The molecule has 2 aromatic rings. The van der Waals surface area contributed by atoms with Crippen LogP contribution in [0.3, 0.4) is 0 Å². The summed E-state index contributed by atoms with van der Waals surface area (Å²) in [5, 5.41) is 13.5. The molecule has 2 heterocycles. The Morgan fingerprint density at radius 2 is 1.92 bits per heavy atom. The second-order valence-corrected chi connectivity index (χ2v) is 6.61. The van der Waals surface area contributed by atoms with Crippen molar-refractivity contribution < 1.29 is 9.18 Å². The number of nitrogens with zero attached hydrogens (tertiary/aromatic N) is 3. The highest BCUT2D eigenvalue weighted by Crippen LogP contribution is 2.22. The van der Waals surface area contributed by atoms with Gasteiger partial charge in [-0.25, -0.2) is 4.39 Å². The maximum atomic E-state index is 13.1. The normalized spacial score (nSPS) is 16.7. The van der Waals surface area contributed by atoms with Crippen LogP contribution in [-0.4, -0.2) is 41.9 Å². The Morgan fingerprint density at radius 3 is 2.52 bits per heavy atom. The van der Waals surface area contributed by atoms with E-state index in [1.165, 1.54) is 12.1 Å². The van der Waals surface area contributed by atoms with Gasteiger partial charge in [0, 0.05) is 32.3 Å². The molecule has 0 aliphatic carbocycles. The van der Waals surface area contributed by atoms with Crippen LogP contribution in [0, 0.1) is 17.1 Å². The Hall–Kier alpha value is -2.49. The first-order valence-corrected chi connectivity index (χ1v) is 9.00.